The summed E-state index contributed by atoms with van der Waals surface area (Å²) in [5, 5.41) is 0. The molecule has 1 aliphatic rings. The minimum atomic E-state index is -2.51. The van der Waals surface area contributed by atoms with Crippen LogP contribution in [0, 0.1) is 0 Å². The summed E-state index contributed by atoms with van der Waals surface area (Å²) in [6.07, 6.45) is 1.22. The number of carbonyl (C=O) groups excluding carboxylic acids is 4. The highest BCUT2D eigenvalue weighted by Gasteiger charge is 2.38. The number of hydrogen-bond acceptors (Lipinski definition) is 12. The lowest BCUT2D eigenvalue weighted by Gasteiger charge is -2.25. The van der Waals surface area contributed by atoms with Crippen molar-refractivity contribution < 1.29 is 55.8 Å². The van der Waals surface area contributed by atoms with Crippen LogP contribution in [0.25, 0.3) is 0 Å². The van der Waals surface area contributed by atoms with Gasteiger partial charge in [-0.2, -0.15) is 0 Å². The summed E-state index contributed by atoms with van der Waals surface area (Å²) < 4.78 is 48.3. The first-order valence-corrected chi connectivity index (χ1v) is 19.0. The number of benzene rings is 6. The van der Waals surface area contributed by atoms with Gasteiger partial charge in [-0.05, 0) is 60.7 Å². The van der Waals surface area contributed by atoms with Crippen molar-refractivity contribution in [2.75, 3.05) is 14.2 Å². The zero-order chi connectivity index (χ0) is 39.0. The van der Waals surface area contributed by atoms with Gasteiger partial charge in [0.15, 0.2) is 41.4 Å². The highest BCUT2D eigenvalue weighted by atomic mass is 31.2. The smallest absolute Gasteiger partial charge is 0.493 e. The molecule has 14 heteroatoms. The van der Waals surface area contributed by atoms with Gasteiger partial charge in [-0.3, -0.25) is 19.2 Å². The number of para-hydroxylation sites is 6. The third-order valence-corrected chi connectivity index (χ3v) is 10.3. The fraction of sp³-hybridized carbons (Fsp3) is 0.0476. The molecule has 0 aliphatic heterocycles. The Bertz CT molecular complexity index is 2330. The maximum atomic E-state index is 14.7. The molecule has 7 rings (SSSR count). The summed E-state index contributed by atoms with van der Waals surface area (Å²) in [5.41, 5.74) is 0.395. The van der Waals surface area contributed by atoms with Crippen molar-refractivity contribution in [1.29, 1.82) is 0 Å². The predicted molar refractivity (Wildman–Crippen MR) is 207 cm³/mol. The Hall–Kier alpha value is -6.74. The Labute approximate surface area is 323 Å². The lowest BCUT2D eigenvalue weighted by atomic mass is 9.83. The van der Waals surface area contributed by atoms with Crippen LogP contribution in [0.1, 0.15) is 52.6 Å². The Morgan fingerprint density at radius 1 is 0.375 bits per heavy atom. The molecular formula is C42H30O12P2. The number of ketones is 2. The van der Waals surface area contributed by atoms with Crippen LogP contribution in [0.5, 0.6) is 46.0 Å². The van der Waals surface area contributed by atoms with Crippen LogP contribution in [0.15, 0.2) is 133 Å². The molecule has 6 aromatic rings. The van der Waals surface area contributed by atoms with Crippen LogP contribution in [-0.4, -0.2) is 38.4 Å². The molecule has 12 nitrogen and oxygen atoms in total. The standard InChI is InChI=1S/C42H30O12P2/c1-47-33-19-7-9-21-35(33)51-56(52-36-22-10-8-20-34(36)48-2)54-38-24-12-16-30-40(38)42(46)39-29(41(30)45)15-11-23-37(39)53-55(49-31-17-5-3-13-27(31)25-43)50-32-18-6-4-14-28(32)26-44/h3-26H,1-2H3. The van der Waals surface area contributed by atoms with Crippen molar-refractivity contribution in [1.82, 2.24) is 0 Å². The van der Waals surface area contributed by atoms with Gasteiger partial charge >= 0.3 is 17.2 Å². The molecule has 0 heterocycles. The topological polar surface area (TPSA) is 142 Å². The second-order valence-corrected chi connectivity index (χ2v) is 13.6. The zero-order valence-electron chi connectivity index (χ0n) is 29.6. The van der Waals surface area contributed by atoms with Crippen LogP contribution >= 0.6 is 17.2 Å². The molecule has 0 fully saturated rings. The van der Waals surface area contributed by atoms with E-state index in [2.05, 4.69) is 0 Å². The van der Waals surface area contributed by atoms with E-state index in [-0.39, 0.29) is 56.4 Å². The predicted octanol–water partition coefficient (Wildman–Crippen LogP) is 9.63. The lowest BCUT2D eigenvalue weighted by molar-refractivity contribution is 0.0975. The normalized spacial score (nSPS) is 11.6. The maximum absolute atomic E-state index is 14.7. The van der Waals surface area contributed by atoms with Gasteiger partial charge in [0.25, 0.3) is 0 Å². The fourth-order valence-corrected chi connectivity index (χ4v) is 7.76. The van der Waals surface area contributed by atoms with Gasteiger partial charge < -0.3 is 36.6 Å². The first-order chi connectivity index (χ1) is 27.4. The summed E-state index contributed by atoms with van der Waals surface area (Å²) in [6.45, 7) is 0. The molecule has 0 unspecified atom stereocenters. The van der Waals surface area contributed by atoms with E-state index >= 15 is 0 Å². The molecule has 280 valence electrons. The van der Waals surface area contributed by atoms with E-state index < -0.39 is 28.8 Å². The van der Waals surface area contributed by atoms with E-state index in [0.29, 0.717) is 35.6 Å². The minimum Gasteiger partial charge on any atom is -0.493 e. The second kappa shape index (κ2) is 17.2. The van der Waals surface area contributed by atoms with Crippen LogP contribution in [0.3, 0.4) is 0 Å². The summed E-state index contributed by atoms with van der Waals surface area (Å²) in [6, 6.07) is 35.8. The molecule has 0 N–H and O–H groups in total. The molecule has 6 aromatic carbocycles. The van der Waals surface area contributed by atoms with Gasteiger partial charge in [0.1, 0.15) is 23.0 Å². The SMILES string of the molecule is COc1ccccc1OP(Oc1ccccc1OC)Oc1cccc2c1C(=O)c1c(OP(Oc3ccccc3C=O)Oc3ccccc3C=O)cccc1C2=O. The fourth-order valence-electron chi connectivity index (χ4n) is 5.64. The van der Waals surface area contributed by atoms with Gasteiger partial charge in [0.2, 0.25) is 5.78 Å². The van der Waals surface area contributed by atoms with Crippen molar-refractivity contribution in [3.63, 3.8) is 0 Å². The van der Waals surface area contributed by atoms with Crippen molar-refractivity contribution in [2.45, 2.75) is 0 Å². The van der Waals surface area contributed by atoms with Gasteiger partial charge in [-0.25, -0.2) is 0 Å². The number of methoxy groups -OCH3 is 2. The molecule has 0 bridgehead atoms. The summed E-state index contributed by atoms with van der Waals surface area (Å²) >= 11 is 0. The van der Waals surface area contributed by atoms with Crippen molar-refractivity contribution in [2.24, 2.45) is 0 Å². The molecule has 0 saturated heterocycles. The summed E-state index contributed by atoms with van der Waals surface area (Å²) in [7, 11) is -1.91. The number of hydrogen-bond donors (Lipinski definition) is 0. The van der Waals surface area contributed by atoms with Crippen molar-refractivity contribution in [3.8, 4) is 46.0 Å². The minimum absolute atomic E-state index is 0.00760. The molecule has 56 heavy (non-hydrogen) atoms. The molecular weight excluding hydrogens is 758 g/mol. The molecule has 0 spiro atoms. The highest BCUT2D eigenvalue weighted by molar-refractivity contribution is 7.43. The Kier molecular flexibility index (Phi) is 11.5. The number of rotatable bonds is 16. The van der Waals surface area contributed by atoms with E-state index in [1.807, 2.05) is 0 Å². The Balaban J connectivity index is 1.27. The third-order valence-electron chi connectivity index (χ3n) is 8.26. The summed E-state index contributed by atoms with van der Waals surface area (Å²) in [4.78, 5) is 52.6. The zero-order valence-corrected chi connectivity index (χ0v) is 31.4. The van der Waals surface area contributed by atoms with Crippen molar-refractivity contribution >= 4 is 41.3 Å². The van der Waals surface area contributed by atoms with E-state index in [1.54, 1.807) is 109 Å². The van der Waals surface area contributed by atoms with Gasteiger partial charge in [0, 0.05) is 11.1 Å². The third kappa shape index (κ3) is 7.88. The number of aldehydes is 2. The van der Waals surface area contributed by atoms with Gasteiger partial charge in [-0.15, -0.1) is 0 Å². The summed E-state index contributed by atoms with van der Waals surface area (Å²) in [5.74, 6) is 0.497. The molecule has 1 aliphatic carbocycles. The van der Waals surface area contributed by atoms with E-state index in [1.165, 1.54) is 38.5 Å². The molecule has 0 atom stereocenters. The maximum Gasteiger partial charge on any atom is 0.530 e. The van der Waals surface area contributed by atoms with E-state index in [9.17, 15) is 19.2 Å². The number of ether oxygens (including phenoxy) is 2. The van der Waals surface area contributed by atoms with Crippen LogP contribution in [0.4, 0.5) is 0 Å². The molecule has 0 saturated carbocycles. The Morgan fingerprint density at radius 3 is 1.09 bits per heavy atom. The van der Waals surface area contributed by atoms with Crippen LogP contribution < -0.4 is 36.6 Å². The number of carbonyl (C=O) groups is 4. The molecule has 0 amide bonds. The first kappa shape index (κ1) is 37.6. The Morgan fingerprint density at radius 2 is 0.696 bits per heavy atom. The monoisotopic (exact) mass is 788 g/mol. The van der Waals surface area contributed by atoms with Crippen molar-refractivity contribution in [3.05, 3.63) is 167 Å². The quantitative estimate of drug-likeness (QED) is 0.0680. The molecule has 0 radical (unpaired) electrons. The average molecular weight is 789 g/mol. The first-order valence-electron chi connectivity index (χ1n) is 16.8. The lowest BCUT2D eigenvalue weighted by Crippen LogP contribution is -2.23. The molecule has 0 aromatic heterocycles. The van der Waals surface area contributed by atoms with Gasteiger partial charge in [0.05, 0.1) is 36.5 Å². The second-order valence-electron chi connectivity index (χ2n) is 11.6. The van der Waals surface area contributed by atoms with Crippen LogP contribution in [0.2, 0.25) is 0 Å². The highest BCUT2D eigenvalue weighted by Crippen LogP contribution is 2.50. The largest absolute Gasteiger partial charge is 0.530 e. The van der Waals surface area contributed by atoms with E-state index in [0.717, 1.165) is 0 Å². The van der Waals surface area contributed by atoms with Gasteiger partial charge in [-0.1, -0.05) is 72.8 Å². The average Bonchev–Trinajstić information content (AvgIpc) is 3.23. The van der Waals surface area contributed by atoms with Crippen LogP contribution in [-0.2, 0) is 0 Å². The number of fused-ring (bicyclic) bond motifs is 2. The van der Waals surface area contributed by atoms with E-state index in [4.69, 9.17) is 36.6 Å².